The molecule has 1 amide bonds. The fourth-order valence-corrected chi connectivity index (χ4v) is 3.97. The van der Waals surface area contributed by atoms with E-state index in [-0.39, 0.29) is 11.8 Å². The maximum absolute atomic E-state index is 11.9. The highest BCUT2D eigenvalue weighted by molar-refractivity contribution is 5.83. The second kappa shape index (κ2) is 21.2. The van der Waals surface area contributed by atoms with Gasteiger partial charge in [0.15, 0.2) is 0 Å². The summed E-state index contributed by atoms with van der Waals surface area (Å²) in [6, 6.07) is -0.747. The Kier molecular flexibility index (Phi) is 20.4. The van der Waals surface area contributed by atoms with Crippen LogP contribution < -0.4 is 5.32 Å². The van der Waals surface area contributed by atoms with Gasteiger partial charge in [0.25, 0.3) is 0 Å². The van der Waals surface area contributed by atoms with Crippen molar-refractivity contribution in [1.82, 2.24) is 5.32 Å². The smallest absolute Gasteiger partial charge is 0.326 e. The van der Waals surface area contributed by atoms with Gasteiger partial charge >= 0.3 is 5.97 Å². The van der Waals surface area contributed by atoms with Crippen LogP contribution in [0.5, 0.6) is 0 Å². The fourth-order valence-electron chi connectivity index (χ4n) is 3.97. The highest BCUT2D eigenvalue weighted by Crippen LogP contribution is 2.14. The van der Waals surface area contributed by atoms with E-state index in [1.54, 1.807) is 0 Å². The van der Waals surface area contributed by atoms with Gasteiger partial charge < -0.3 is 10.4 Å². The molecule has 0 radical (unpaired) electrons. The van der Waals surface area contributed by atoms with E-state index < -0.39 is 12.0 Å². The number of hydrogen-bond donors (Lipinski definition) is 2. The van der Waals surface area contributed by atoms with Gasteiger partial charge in [-0.2, -0.15) is 0 Å². The molecule has 0 aromatic heterocycles. The monoisotopic (exact) mass is 425 g/mol. The van der Waals surface area contributed by atoms with E-state index in [0.29, 0.717) is 12.8 Å². The van der Waals surface area contributed by atoms with E-state index in [1.807, 2.05) is 13.8 Å². The summed E-state index contributed by atoms with van der Waals surface area (Å²) >= 11 is 0. The molecule has 4 nitrogen and oxygen atoms in total. The van der Waals surface area contributed by atoms with Crippen LogP contribution in [0.25, 0.3) is 0 Å². The minimum Gasteiger partial charge on any atom is -0.480 e. The second-order valence-electron chi connectivity index (χ2n) is 9.49. The van der Waals surface area contributed by atoms with Crippen LogP contribution in [-0.4, -0.2) is 23.0 Å². The third-order valence-corrected chi connectivity index (χ3v) is 5.85. The first-order chi connectivity index (χ1) is 14.5. The molecule has 0 aliphatic carbocycles. The van der Waals surface area contributed by atoms with Crippen LogP contribution in [0.2, 0.25) is 0 Å². The zero-order chi connectivity index (χ0) is 22.5. The van der Waals surface area contributed by atoms with Gasteiger partial charge in [-0.1, -0.05) is 124 Å². The van der Waals surface area contributed by atoms with Crippen molar-refractivity contribution in [3.05, 3.63) is 0 Å². The number of rotatable bonds is 22. The molecule has 0 spiro atoms. The number of carboxylic acid groups (broad SMARTS) is 1. The van der Waals surface area contributed by atoms with E-state index >= 15 is 0 Å². The third kappa shape index (κ3) is 20.2. The first-order valence-electron chi connectivity index (χ1n) is 13.0. The van der Waals surface area contributed by atoms with E-state index in [0.717, 1.165) is 12.8 Å². The number of unbranched alkanes of at least 4 members (excludes halogenated alkanes) is 16. The molecule has 0 rings (SSSR count). The van der Waals surface area contributed by atoms with Crippen LogP contribution in [0.3, 0.4) is 0 Å². The van der Waals surface area contributed by atoms with Crippen LogP contribution in [0, 0.1) is 5.92 Å². The van der Waals surface area contributed by atoms with Gasteiger partial charge in [0.05, 0.1) is 0 Å². The fraction of sp³-hybridized carbons (Fsp3) is 0.923. The SMILES string of the molecule is CCCCCCCCCCCCCCCCCCCC(=O)NC(CC(C)C)C(=O)O. The molecule has 0 saturated heterocycles. The normalized spacial score (nSPS) is 12.3. The molecule has 0 aromatic carbocycles. The van der Waals surface area contributed by atoms with Crippen molar-refractivity contribution in [2.45, 2.75) is 149 Å². The summed E-state index contributed by atoms with van der Waals surface area (Å²) in [5.74, 6) is -0.796. The van der Waals surface area contributed by atoms with Gasteiger partial charge in [-0.05, 0) is 18.8 Å². The quantitative estimate of drug-likeness (QED) is 0.175. The summed E-state index contributed by atoms with van der Waals surface area (Å²) in [5, 5.41) is 11.8. The molecule has 0 saturated carbocycles. The van der Waals surface area contributed by atoms with E-state index in [4.69, 9.17) is 0 Å². The van der Waals surface area contributed by atoms with E-state index in [9.17, 15) is 14.7 Å². The van der Waals surface area contributed by atoms with Crippen molar-refractivity contribution in [2.75, 3.05) is 0 Å². The molecule has 1 unspecified atom stereocenters. The molecule has 2 N–H and O–H groups in total. The molecule has 1 atom stereocenters. The summed E-state index contributed by atoms with van der Waals surface area (Å²) in [7, 11) is 0. The minimum atomic E-state index is -0.931. The maximum Gasteiger partial charge on any atom is 0.326 e. The lowest BCUT2D eigenvalue weighted by atomic mass is 10.0. The molecule has 0 aromatic rings. The van der Waals surface area contributed by atoms with Gasteiger partial charge in [-0.3, -0.25) is 4.79 Å². The number of carbonyl (C=O) groups is 2. The first-order valence-corrected chi connectivity index (χ1v) is 13.0. The molecular weight excluding hydrogens is 374 g/mol. The summed E-state index contributed by atoms with van der Waals surface area (Å²) in [6.07, 6.45) is 23.4. The van der Waals surface area contributed by atoms with Crippen molar-refractivity contribution < 1.29 is 14.7 Å². The third-order valence-electron chi connectivity index (χ3n) is 5.85. The Balaban J connectivity index is 3.36. The average molecular weight is 426 g/mol. The summed E-state index contributed by atoms with van der Waals surface area (Å²) in [6.45, 7) is 6.22. The zero-order valence-electron chi connectivity index (χ0n) is 20.4. The zero-order valence-corrected chi connectivity index (χ0v) is 20.4. The highest BCUT2D eigenvalue weighted by Gasteiger charge is 2.20. The molecular formula is C26H51NO3. The number of hydrogen-bond acceptors (Lipinski definition) is 2. The van der Waals surface area contributed by atoms with E-state index in [1.165, 1.54) is 96.3 Å². The standard InChI is InChI=1S/C26H51NO3/c1-4-5-6-7-8-9-10-11-12-13-14-15-16-17-18-19-20-21-25(28)27-24(26(29)30)22-23(2)3/h23-24H,4-22H2,1-3H3,(H,27,28)(H,29,30). The number of amides is 1. The van der Waals surface area contributed by atoms with Crippen LogP contribution in [0.15, 0.2) is 0 Å². The molecule has 0 heterocycles. The lowest BCUT2D eigenvalue weighted by Gasteiger charge is -2.16. The summed E-state index contributed by atoms with van der Waals surface area (Å²) in [5.41, 5.74) is 0. The summed E-state index contributed by atoms with van der Waals surface area (Å²) < 4.78 is 0. The number of aliphatic carboxylic acids is 1. The van der Waals surface area contributed by atoms with Crippen molar-refractivity contribution in [1.29, 1.82) is 0 Å². The lowest BCUT2D eigenvalue weighted by Crippen LogP contribution is -2.41. The Morgan fingerprint density at radius 3 is 1.37 bits per heavy atom. The van der Waals surface area contributed by atoms with Crippen LogP contribution in [0.1, 0.15) is 143 Å². The molecule has 178 valence electrons. The maximum atomic E-state index is 11.9. The Morgan fingerprint density at radius 1 is 0.667 bits per heavy atom. The number of carbonyl (C=O) groups excluding carboxylic acids is 1. The van der Waals surface area contributed by atoms with E-state index in [2.05, 4.69) is 12.2 Å². The Labute approximate surface area is 187 Å². The van der Waals surface area contributed by atoms with Gasteiger partial charge in [0.1, 0.15) is 6.04 Å². The van der Waals surface area contributed by atoms with Crippen molar-refractivity contribution in [2.24, 2.45) is 5.92 Å². The van der Waals surface area contributed by atoms with Crippen molar-refractivity contribution in [3.63, 3.8) is 0 Å². The number of nitrogens with one attached hydrogen (secondary N) is 1. The molecule has 0 fully saturated rings. The molecule has 0 aliphatic rings. The van der Waals surface area contributed by atoms with Gasteiger partial charge in [0.2, 0.25) is 5.91 Å². The topological polar surface area (TPSA) is 66.4 Å². The van der Waals surface area contributed by atoms with Crippen LogP contribution in [-0.2, 0) is 9.59 Å². The molecule has 30 heavy (non-hydrogen) atoms. The first kappa shape index (κ1) is 28.9. The van der Waals surface area contributed by atoms with Crippen LogP contribution in [0.4, 0.5) is 0 Å². The Bertz CT molecular complexity index is 409. The van der Waals surface area contributed by atoms with Gasteiger partial charge in [-0.25, -0.2) is 4.79 Å². The molecule has 4 heteroatoms. The van der Waals surface area contributed by atoms with Gasteiger partial charge in [0, 0.05) is 6.42 Å². The van der Waals surface area contributed by atoms with Gasteiger partial charge in [-0.15, -0.1) is 0 Å². The van der Waals surface area contributed by atoms with Crippen molar-refractivity contribution >= 4 is 11.9 Å². The Morgan fingerprint density at radius 2 is 1.03 bits per heavy atom. The number of carboxylic acids is 1. The predicted molar refractivity (Wildman–Crippen MR) is 128 cm³/mol. The molecule has 0 bridgehead atoms. The minimum absolute atomic E-state index is 0.121. The highest BCUT2D eigenvalue weighted by atomic mass is 16.4. The largest absolute Gasteiger partial charge is 0.480 e. The Hall–Kier alpha value is -1.06. The summed E-state index contributed by atoms with van der Waals surface area (Å²) in [4.78, 5) is 23.1. The lowest BCUT2D eigenvalue weighted by molar-refractivity contribution is -0.142. The predicted octanol–water partition coefficient (Wildman–Crippen LogP) is 7.64. The second-order valence-corrected chi connectivity index (χ2v) is 9.49. The van der Waals surface area contributed by atoms with Crippen LogP contribution >= 0.6 is 0 Å². The average Bonchev–Trinajstić information content (AvgIpc) is 2.69. The molecule has 0 aliphatic heterocycles. The van der Waals surface area contributed by atoms with Crippen molar-refractivity contribution in [3.8, 4) is 0 Å².